The number of nitrogens with zero attached hydrogens (tertiary/aromatic N) is 2. The van der Waals surface area contributed by atoms with E-state index < -0.39 is 0 Å². The molecule has 2 aromatic rings. The zero-order valence-corrected chi connectivity index (χ0v) is 13.6. The van der Waals surface area contributed by atoms with Gasteiger partial charge < -0.3 is 19.5 Å². The van der Waals surface area contributed by atoms with Gasteiger partial charge in [-0.3, -0.25) is 0 Å². The van der Waals surface area contributed by atoms with Crippen LogP contribution in [-0.4, -0.2) is 35.8 Å². The van der Waals surface area contributed by atoms with Gasteiger partial charge in [0, 0.05) is 18.0 Å². The summed E-state index contributed by atoms with van der Waals surface area (Å²) in [5.41, 5.74) is 1.11. The van der Waals surface area contributed by atoms with E-state index in [0.29, 0.717) is 18.3 Å². The Kier molecular flexibility index (Phi) is 4.50. The fourth-order valence-electron chi connectivity index (χ4n) is 2.57. The lowest BCUT2D eigenvalue weighted by molar-refractivity contribution is 0.231. The Labute approximate surface area is 135 Å². The fourth-order valence-corrected chi connectivity index (χ4v) is 2.57. The van der Waals surface area contributed by atoms with Crippen LogP contribution in [0.15, 0.2) is 30.6 Å². The van der Waals surface area contributed by atoms with Gasteiger partial charge in [-0.2, -0.15) is 0 Å². The number of hydrogen-bond donors (Lipinski definition) is 1. The maximum atomic E-state index is 5.87. The first-order chi connectivity index (χ1) is 11.2. The maximum absolute atomic E-state index is 5.87. The van der Waals surface area contributed by atoms with E-state index in [9.17, 15) is 0 Å². The van der Waals surface area contributed by atoms with Gasteiger partial charge in [0.25, 0.3) is 5.88 Å². The molecule has 0 radical (unpaired) electrons. The summed E-state index contributed by atoms with van der Waals surface area (Å²) in [5, 5.41) is 3.37. The summed E-state index contributed by atoms with van der Waals surface area (Å²) in [7, 11) is 1.65. The summed E-state index contributed by atoms with van der Waals surface area (Å²) in [4.78, 5) is 8.58. The van der Waals surface area contributed by atoms with E-state index in [2.05, 4.69) is 15.3 Å². The minimum absolute atomic E-state index is 0.0415. The van der Waals surface area contributed by atoms with Crippen LogP contribution in [0.2, 0.25) is 0 Å². The number of para-hydroxylation sites is 1. The molecule has 1 aliphatic rings. The Bertz CT molecular complexity index is 676. The van der Waals surface area contributed by atoms with Crippen LogP contribution in [0.1, 0.15) is 19.4 Å². The molecule has 0 fully saturated rings. The normalized spacial score (nSPS) is 16.4. The molecule has 1 atom stereocenters. The summed E-state index contributed by atoms with van der Waals surface area (Å²) >= 11 is 0. The number of rotatable bonds is 5. The molecule has 0 bridgehead atoms. The van der Waals surface area contributed by atoms with E-state index in [1.807, 2.05) is 32.0 Å². The molecule has 6 nitrogen and oxygen atoms in total. The highest BCUT2D eigenvalue weighted by atomic mass is 16.5. The Morgan fingerprint density at radius 3 is 2.87 bits per heavy atom. The van der Waals surface area contributed by atoms with Gasteiger partial charge in [-0.05, 0) is 26.3 Å². The third-order valence-electron chi connectivity index (χ3n) is 3.53. The van der Waals surface area contributed by atoms with Crippen molar-refractivity contribution in [1.29, 1.82) is 0 Å². The molecule has 0 saturated heterocycles. The Morgan fingerprint density at radius 1 is 1.26 bits per heavy atom. The van der Waals surface area contributed by atoms with E-state index in [-0.39, 0.29) is 12.1 Å². The number of ether oxygens (including phenoxy) is 3. The second-order valence-corrected chi connectivity index (χ2v) is 5.68. The van der Waals surface area contributed by atoms with Crippen LogP contribution >= 0.6 is 0 Å². The quantitative estimate of drug-likeness (QED) is 0.915. The minimum Gasteiger partial charge on any atom is -0.493 e. The van der Waals surface area contributed by atoms with Gasteiger partial charge >= 0.3 is 0 Å². The minimum atomic E-state index is 0.0415. The molecular weight excluding hydrogens is 294 g/mol. The average molecular weight is 315 g/mol. The standard InChI is InChI=1S/C17H21N3O3/c1-11(2)23-17-16(18-7-8-19-17)20-13-9-12-5-4-6-14(21-3)15(12)22-10-13/h4-8,11,13H,9-10H2,1-3H3,(H,18,20). The first-order valence-electron chi connectivity index (χ1n) is 7.70. The van der Waals surface area contributed by atoms with Crippen molar-refractivity contribution in [3.8, 4) is 17.4 Å². The zero-order chi connectivity index (χ0) is 16.2. The second-order valence-electron chi connectivity index (χ2n) is 5.68. The van der Waals surface area contributed by atoms with Crippen molar-refractivity contribution in [2.45, 2.75) is 32.4 Å². The molecule has 1 aliphatic heterocycles. The van der Waals surface area contributed by atoms with Crippen molar-refractivity contribution in [1.82, 2.24) is 9.97 Å². The molecule has 1 unspecified atom stereocenters. The number of methoxy groups -OCH3 is 1. The average Bonchev–Trinajstić information content (AvgIpc) is 2.55. The van der Waals surface area contributed by atoms with E-state index in [0.717, 1.165) is 23.5 Å². The van der Waals surface area contributed by atoms with Gasteiger partial charge in [0.15, 0.2) is 17.3 Å². The van der Waals surface area contributed by atoms with Crippen LogP contribution in [0, 0.1) is 0 Å². The summed E-state index contributed by atoms with van der Waals surface area (Å²) in [6.45, 7) is 4.46. The van der Waals surface area contributed by atoms with E-state index in [4.69, 9.17) is 14.2 Å². The third kappa shape index (κ3) is 3.47. The molecule has 0 spiro atoms. The lowest BCUT2D eigenvalue weighted by Crippen LogP contribution is -2.33. The van der Waals surface area contributed by atoms with Crippen molar-refractivity contribution in [3.05, 3.63) is 36.2 Å². The van der Waals surface area contributed by atoms with Gasteiger partial charge in [-0.1, -0.05) is 12.1 Å². The topological polar surface area (TPSA) is 65.5 Å². The monoisotopic (exact) mass is 315 g/mol. The number of fused-ring (bicyclic) bond motifs is 1. The summed E-state index contributed by atoms with van der Waals surface area (Å²) in [5.74, 6) is 2.75. The molecule has 23 heavy (non-hydrogen) atoms. The van der Waals surface area contributed by atoms with Crippen molar-refractivity contribution >= 4 is 5.82 Å². The predicted octanol–water partition coefficient (Wildman–Crippen LogP) is 2.69. The highest BCUT2D eigenvalue weighted by molar-refractivity contribution is 5.50. The van der Waals surface area contributed by atoms with Gasteiger partial charge in [0.2, 0.25) is 0 Å². The van der Waals surface area contributed by atoms with Crippen LogP contribution in [0.4, 0.5) is 5.82 Å². The zero-order valence-electron chi connectivity index (χ0n) is 13.6. The van der Waals surface area contributed by atoms with E-state index in [1.165, 1.54) is 0 Å². The first kappa shape index (κ1) is 15.4. The van der Waals surface area contributed by atoms with Crippen molar-refractivity contribution in [3.63, 3.8) is 0 Å². The van der Waals surface area contributed by atoms with Gasteiger partial charge in [-0.25, -0.2) is 9.97 Å². The van der Waals surface area contributed by atoms with Gasteiger partial charge in [0.05, 0.1) is 19.3 Å². The van der Waals surface area contributed by atoms with E-state index in [1.54, 1.807) is 19.5 Å². The van der Waals surface area contributed by atoms with Crippen LogP contribution in [0.3, 0.4) is 0 Å². The molecule has 1 aromatic heterocycles. The molecule has 0 saturated carbocycles. The Morgan fingerprint density at radius 2 is 2.09 bits per heavy atom. The number of benzene rings is 1. The van der Waals surface area contributed by atoms with Crippen LogP contribution in [0.25, 0.3) is 0 Å². The van der Waals surface area contributed by atoms with Crippen LogP contribution < -0.4 is 19.5 Å². The largest absolute Gasteiger partial charge is 0.493 e. The summed E-state index contributed by atoms with van der Waals surface area (Å²) in [6, 6.07) is 6.03. The molecule has 0 amide bonds. The molecule has 1 N–H and O–H groups in total. The van der Waals surface area contributed by atoms with Crippen molar-refractivity contribution in [2.75, 3.05) is 19.0 Å². The first-order valence-corrected chi connectivity index (χ1v) is 7.70. The van der Waals surface area contributed by atoms with Crippen LogP contribution in [-0.2, 0) is 6.42 Å². The van der Waals surface area contributed by atoms with Crippen molar-refractivity contribution in [2.24, 2.45) is 0 Å². The number of nitrogens with one attached hydrogen (secondary N) is 1. The van der Waals surface area contributed by atoms with E-state index >= 15 is 0 Å². The predicted molar refractivity (Wildman–Crippen MR) is 87.4 cm³/mol. The Hall–Kier alpha value is -2.50. The summed E-state index contributed by atoms with van der Waals surface area (Å²) < 4.78 is 16.9. The fraction of sp³-hybridized carbons (Fsp3) is 0.412. The maximum Gasteiger partial charge on any atom is 0.257 e. The highest BCUT2D eigenvalue weighted by Gasteiger charge is 2.24. The molecular formula is C17H21N3O3. The molecule has 2 heterocycles. The van der Waals surface area contributed by atoms with Gasteiger partial charge in [-0.15, -0.1) is 0 Å². The molecule has 122 valence electrons. The molecule has 6 heteroatoms. The number of anilines is 1. The van der Waals surface area contributed by atoms with Crippen LogP contribution in [0.5, 0.6) is 17.4 Å². The Balaban J connectivity index is 1.75. The SMILES string of the molecule is COc1cccc2c1OCC(Nc1nccnc1OC(C)C)C2. The second kappa shape index (κ2) is 6.73. The smallest absolute Gasteiger partial charge is 0.257 e. The molecule has 3 rings (SSSR count). The highest BCUT2D eigenvalue weighted by Crippen LogP contribution is 2.35. The van der Waals surface area contributed by atoms with Gasteiger partial charge in [0.1, 0.15) is 6.61 Å². The summed E-state index contributed by atoms with van der Waals surface area (Å²) in [6.07, 6.45) is 4.14. The lowest BCUT2D eigenvalue weighted by atomic mass is 10.0. The number of aromatic nitrogens is 2. The molecule has 0 aliphatic carbocycles. The molecule has 1 aromatic carbocycles. The van der Waals surface area contributed by atoms with Crippen molar-refractivity contribution < 1.29 is 14.2 Å². The lowest BCUT2D eigenvalue weighted by Gasteiger charge is -2.27. The number of hydrogen-bond acceptors (Lipinski definition) is 6. The third-order valence-corrected chi connectivity index (χ3v) is 3.53.